The van der Waals surface area contributed by atoms with Crippen molar-refractivity contribution in [3.05, 3.63) is 20.3 Å². The van der Waals surface area contributed by atoms with E-state index in [2.05, 4.69) is 18.7 Å². The summed E-state index contributed by atoms with van der Waals surface area (Å²) < 4.78 is 1.07. The first-order valence-corrected chi connectivity index (χ1v) is 7.20. The molecule has 0 bridgehead atoms. The summed E-state index contributed by atoms with van der Waals surface area (Å²) in [5.74, 6) is 0.0631. The van der Waals surface area contributed by atoms with Crippen LogP contribution in [-0.4, -0.2) is 29.3 Å². The third-order valence-corrected chi connectivity index (χ3v) is 4.85. The second-order valence-corrected chi connectivity index (χ2v) is 7.28. The predicted molar refractivity (Wildman–Crippen MR) is 73.6 cm³/mol. The molecule has 1 aromatic rings. The smallest absolute Gasteiger partial charge is 0.179 e. The quantitative estimate of drug-likeness (QED) is 0.781. The van der Waals surface area contributed by atoms with Gasteiger partial charge in [0.15, 0.2) is 5.78 Å². The zero-order valence-electron chi connectivity index (χ0n) is 9.93. The van der Waals surface area contributed by atoms with Crippen molar-refractivity contribution in [1.82, 2.24) is 4.90 Å². The Labute approximate surface area is 116 Å². The summed E-state index contributed by atoms with van der Waals surface area (Å²) in [6, 6.07) is 1.67. The number of halogens is 2. The Morgan fingerprint density at radius 2 is 2.24 bits per heavy atom. The maximum atomic E-state index is 12.1. The molecule has 0 radical (unpaired) electrons. The van der Waals surface area contributed by atoms with Gasteiger partial charge < -0.3 is 0 Å². The van der Waals surface area contributed by atoms with Crippen LogP contribution < -0.4 is 0 Å². The molecule has 0 unspecified atom stereocenters. The van der Waals surface area contributed by atoms with E-state index >= 15 is 0 Å². The van der Waals surface area contributed by atoms with E-state index in [1.165, 1.54) is 11.3 Å². The Hall–Kier alpha value is -0.0900. The molecular formula is C12H15Cl2NOS. The highest BCUT2D eigenvalue weighted by Gasteiger charge is 2.33. The van der Waals surface area contributed by atoms with Crippen molar-refractivity contribution in [2.24, 2.45) is 0 Å². The Kier molecular flexibility index (Phi) is 3.83. The van der Waals surface area contributed by atoms with Crippen LogP contribution >= 0.6 is 34.5 Å². The molecule has 1 saturated heterocycles. The molecule has 1 aliphatic rings. The molecule has 1 aromatic heterocycles. The minimum Gasteiger partial charge on any atom is -0.293 e. The molecule has 5 heteroatoms. The average Bonchev–Trinajstić information content (AvgIpc) is 2.70. The highest BCUT2D eigenvalue weighted by molar-refractivity contribution is 7.20. The number of carbonyl (C=O) groups is 1. The van der Waals surface area contributed by atoms with Crippen LogP contribution in [0.4, 0.5) is 0 Å². The minimum absolute atomic E-state index is 0.0631. The van der Waals surface area contributed by atoms with E-state index < -0.39 is 0 Å². The van der Waals surface area contributed by atoms with E-state index in [4.69, 9.17) is 23.2 Å². The third kappa shape index (κ3) is 2.84. The normalized spacial score (nSPS) is 19.8. The largest absolute Gasteiger partial charge is 0.293 e. The van der Waals surface area contributed by atoms with Gasteiger partial charge in [-0.2, -0.15) is 0 Å². The van der Waals surface area contributed by atoms with E-state index in [0.717, 1.165) is 19.4 Å². The Morgan fingerprint density at radius 3 is 2.71 bits per heavy atom. The van der Waals surface area contributed by atoms with Gasteiger partial charge in [-0.3, -0.25) is 9.69 Å². The van der Waals surface area contributed by atoms with Gasteiger partial charge in [0.2, 0.25) is 0 Å². The first-order chi connectivity index (χ1) is 7.90. The number of thiophene rings is 1. The van der Waals surface area contributed by atoms with Crippen LogP contribution in [0.1, 0.15) is 37.0 Å². The number of rotatable bonds is 3. The fourth-order valence-corrected chi connectivity index (χ4v) is 3.74. The number of likely N-dealkylation sites (tertiary alicyclic amines) is 1. The van der Waals surface area contributed by atoms with E-state index in [1.807, 2.05) is 0 Å². The fraction of sp³-hybridized carbons (Fsp3) is 0.583. The molecule has 0 aromatic carbocycles. The van der Waals surface area contributed by atoms with Gasteiger partial charge in [0.25, 0.3) is 0 Å². The van der Waals surface area contributed by atoms with Gasteiger partial charge in [0, 0.05) is 5.54 Å². The minimum atomic E-state index is 0.0631. The molecule has 0 saturated carbocycles. The van der Waals surface area contributed by atoms with Gasteiger partial charge in [0.1, 0.15) is 4.34 Å². The van der Waals surface area contributed by atoms with E-state index in [-0.39, 0.29) is 11.3 Å². The lowest BCUT2D eigenvalue weighted by atomic mass is 10.0. The van der Waals surface area contributed by atoms with Crippen LogP contribution in [0.25, 0.3) is 0 Å². The van der Waals surface area contributed by atoms with Crippen molar-refractivity contribution in [3.8, 4) is 0 Å². The number of ketones is 1. The molecular weight excluding hydrogens is 277 g/mol. The van der Waals surface area contributed by atoms with Gasteiger partial charge >= 0.3 is 0 Å². The molecule has 0 aliphatic carbocycles. The molecule has 94 valence electrons. The van der Waals surface area contributed by atoms with E-state index in [1.54, 1.807) is 6.07 Å². The first kappa shape index (κ1) is 13.3. The Morgan fingerprint density at radius 1 is 1.53 bits per heavy atom. The summed E-state index contributed by atoms with van der Waals surface area (Å²) in [4.78, 5) is 14.4. The van der Waals surface area contributed by atoms with Gasteiger partial charge in [-0.15, -0.1) is 11.3 Å². The van der Waals surface area contributed by atoms with Crippen LogP contribution in [0.2, 0.25) is 8.67 Å². The molecule has 0 N–H and O–H groups in total. The van der Waals surface area contributed by atoms with Gasteiger partial charge in [0.05, 0.1) is 16.4 Å². The maximum absolute atomic E-state index is 12.1. The van der Waals surface area contributed by atoms with Crippen LogP contribution in [0, 0.1) is 0 Å². The van der Waals surface area contributed by atoms with Crippen molar-refractivity contribution in [3.63, 3.8) is 0 Å². The van der Waals surface area contributed by atoms with E-state index in [9.17, 15) is 4.79 Å². The van der Waals surface area contributed by atoms with Crippen LogP contribution in [0.5, 0.6) is 0 Å². The van der Waals surface area contributed by atoms with Crippen LogP contribution in [0.15, 0.2) is 6.07 Å². The molecule has 0 spiro atoms. The van der Waals surface area contributed by atoms with Crippen molar-refractivity contribution in [2.75, 3.05) is 13.1 Å². The lowest BCUT2D eigenvalue weighted by Gasteiger charge is -2.30. The highest BCUT2D eigenvalue weighted by Crippen LogP contribution is 2.33. The second-order valence-electron chi connectivity index (χ2n) is 5.00. The van der Waals surface area contributed by atoms with Crippen molar-refractivity contribution >= 4 is 40.3 Å². The number of hydrogen-bond acceptors (Lipinski definition) is 3. The number of nitrogens with zero attached hydrogens (tertiary/aromatic N) is 1. The molecule has 0 amide bonds. The topological polar surface area (TPSA) is 20.3 Å². The van der Waals surface area contributed by atoms with E-state index in [0.29, 0.717) is 20.8 Å². The molecule has 1 fully saturated rings. The van der Waals surface area contributed by atoms with Gasteiger partial charge in [-0.05, 0) is 39.3 Å². The monoisotopic (exact) mass is 291 g/mol. The lowest BCUT2D eigenvalue weighted by molar-refractivity contribution is 0.0872. The predicted octanol–water partition coefficient (Wildman–Crippen LogP) is 4.11. The maximum Gasteiger partial charge on any atom is 0.179 e. The van der Waals surface area contributed by atoms with Crippen molar-refractivity contribution in [1.29, 1.82) is 0 Å². The fourth-order valence-electron chi connectivity index (χ4n) is 2.25. The third-order valence-electron chi connectivity index (χ3n) is 3.36. The van der Waals surface area contributed by atoms with Gasteiger partial charge in [-0.1, -0.05) is 23.2 Å². The highest BCUT2D eigenvalue weighted by atomic mass is 35.5. The zero-order valence-corrected chi connectivity index (χ0v) is 12.3. The number of hydrogen-bond donors (Lipinski definition) is 0. The van der Waals surface area contributed by atoms with Crippen molar-refractivity contribution < 1.29 is 4.79 Å². The Balaban J connectivity index is 2.10. The number of carbonyl (C=O) groups excluding carboxylic acids is 1. The molecule has 0 atom stereocenters. The van der Waals surface area contributed by atoms with Crippen LogP contribution in [0.3, 0.4) is 0 Å². The lowest BCUT2D eigenvalue weighted by Crippen LogP contribution is -2.41. The van der Waals surface area contributed by atoms with Crippen molar-refractivity contribution in [2.45, 2.75) is 32.2 Å². The first-order valence-electron chi connectivity index (χ1n) is 5.63. The number of Topliss-reactive ketones (excluding diaryl/α,β-unsaturated/α-hetero) is 1. The molecule has 2 heterocycles. The Bertz CT molecular complexity index is 442. The summed E-state index contributed by atoms with van der Waals surface area (Å²) in [6.45, 7) is 5.76. The van der Waals surface area contributed by atoms with Crippen LogP contribution in [-0.2, 0) is 0 Å². The summed E-state index contributed by atoms with van der Waals surface area (Å²) >= 11 is 13.1. The zero-order chi connectivity index (χ0) is 12.6. The van der Waals surface area contributed by atoms with Gasteiger partial charge in [-0.25, -0.2) is 0 Å². The summed E-state index contributed by atoms with van der Waals surface area (Å²) in [5.41, 5.74) is 0.673. The molecule has 17 heavy (non-hydrogen) atoms. The summed E-state index contributed by atoms with van der Waals surface area (Å²) in [5, 5.41) is 0. The summed E-state index contributed by atoms with van der Waals surface area (Å²) in [6.07, 6.45) is 2.29. The molecule has 2 rings (SSSR count). The second kappa shape index (κ2) is 4.88. The average molecular weight is 292 g/mol. The molecule has 2 nitrogen and oxygen atoms in total. The standard InChI is InChI=1S/C12H15Cl2NOS/c1-12(2)4-3-5-15(12)7-9(16)8-6-10(13)17-11(8)14/h6H,3-5,7H2,1-2H3. The molecule has 1 aliphatic heterocycles. The summed E-state index contributed by atoms with van der Waals surface area (Å²) in [7, 11) is 0. The SMILES string of the molecule is CC1(C)CCCN1CC(=O)c1cc(Cl)sc1Cl.